The van der Waals surface area contributed by atoms with Crippen molar-refractivity contribution in [2.45, 2.75) is 24.8 Å². The largest absolute Gasteiger partial charge is 0.309 e. The van der Waals surface area contributed by atoms with E-state index in [4.69, 9.17) is 0 Å². The number of hydrogen-bond donors (Lipinski definition) is 1. The van der Waals surface area contributed by atoms with Gasteiger partial charge in [0.1, 0.15) is 0 Å². The summed E-state index contributed by atoms with van der Waals surface area (Å²) in [6.07, 6.45) is 0. The van der Waals surface area contributed by atoms with Crippen molar-refractivity contribution in [1.82, 2.24) is 5.32 Å². The molecule has 1 unspecified atom stereocenters. The van der Waals surface area contributed by atoms with Gasteiger partial charge in [0.15, 0.2) is 9.84 Å². The lowest BCUT2D eigenvalue weighted by Gasteiger charge is -2.20. The molecule has 0 radical (unpaired) electrons. The van der Waals surface area contributed by atoms with Crippen LogP contribution in [0.25, 0.3) is 0 Å². The molecule has 0 fully saturated rings. The van der Waals surface area contributed by atoms with E-state index in [9.17, 15) is 8.42 Å². The van der Waals surface area contributed by atoms with Crippen LogP contribution >= 0.6 is 0 Å². The Morgan fingerprint density at radius 3 is 2.24 bits per heavy atom. The molecule has 112 valence electrons. The van der Waals surface area contributed by atoms with Gasteiger partial charge in [0.25, 0.3) is 0 Å². The normalized spacial score (nSPS) is 13.0. The minimum absolute atomic E-state index is 0.0652. The second-order valence-corrected chi connectivity index (χ2v) is 7.10. The van der Waals surface area contributed by atoms with E-state index in [0.29, 0.717) is 4.90 Å². The zero-order chi connectivity index (χ0) is 15.3. The van der Waals surface area contributed by atoms with Crippen molar-refractivity contribution in [2.75, 3.05) is 12.3 Å². The first-order valence-electron chi connectivity index (χ1n) is 7.11. The molecule has 2 aromatic carbocycles. The summed E-state index contributed by atoms with van der Waals surface area (Å²) in [5.41, 5.74) is 2.14. The topological polar surface area (TPSA) is 46.2 Å². The number of benzene rings is 2. The standard InChI is InChI=1S/C17H21NO2S/c1-3-18-17(16-12-8-7-9-14(16)2)13-21(19,20)15-10-5-4-6-11-15/h4-12,17-18H,3,13H2,1-2H3. The highest BCUT2D eigenvalue weighted by Gasteiger charge is 2.22. The lowest BCUT2D eigenvalue weighted by atomic mass is 10.0. The van der Waals surface area contributed by atoms with E-state index in [1.165, 1.54) is 0 Å². The van der Waals surface area contributed by atoms with Gasteiger partial charge < -0.3 is 5.32 Å². The molecule has 0 bridgehead atoms. The van der Waals surface area contributed by atoms with Crippen LogP contribution in [-0.4, -0.2) is 20.7 Å². The number of aryl methyl sites for hydroxylation is 1. The van der Waals surface area contributed by atoms with Crippen molar-refractivity contribution in [3.8, 4) is 0 Å². The highest BCUT2D eigenvalue weighted by atomic mass is 32.2. The van der Waals surface area contributed by atoms with Gasteiger partial charge in [0.05, 0.1) is 10.6 Å². The Bertz CT molecular complexity index is 681. The lowest BCUT2D eigenvalue weighted by molar-refractivity contribution is 0.558. The van der Waals surface area contributed by atoms with E-state index < -0.39 is 9.84 Å². The van der Waals surface area contributed by atoms with Crippen LogP contribution < -0.4 is 5.32 Å². The van der Waals surface area contributed by atoms with Crippen LogP contribution in [0.4, 0.5) is 0 Å². The first-order valence-corrected chi connectivity index (χ1v) is 8.76. The third kappa shape index (κ3) is 3.93. The molecule has 0 spiro atoms. The van der Waals surface area contributed by atoms with Crippen molar-refractivity contribution in [2.24, 2.45) is 0 Å². The van der Waals surface area contributed by atoms with Crippen molar-refractivity contribution >= 4 is 9.84 Å². The van der Waals surface area contributed by atoms with E-state index in [1.807, 2.05) is 44.2 Å². The number of sulfone groups is 1. The molecule has 1 N–H and O–H groups in total. The van der Waals surface area contributed by atoms with Crippen LogP contribution in [0.15, 0.2) is 59.5 Å². The molecule has 1 atom stereocenters. The minimum Gasteiger partial charge on any atom is -0.309 e. The summed E-state index contributed by atoms with van der Waals surface area (Å²) >= 11 is 0. The molecule has 0 saturated carbocycles. The van der Waals surface area contributed by atoms with Crippen LogP contribution in [-0.2, 0) is 9.84 Å². The molecular formula is C17H21NO2S. The molecule has 0 aliphatic carbocycles. The van der Waals surface area contributed by atoms with Gasteiger partial charge in [0, 0.05) is 6.04 Å². The van der Waals surface area contributed by atoms with E-state index in [2.05, 4.69) is 5.32 Å². The molecule has 0 saturated heterocycles. The summed E-state index contributed by atoms with van der Waals surface area (Å²) in [5.74, 6) is 0.0652. The maximum absolute atomic E-state index is 12.6. The Morgan fingerprint density at radius 1 is 1.00 bits per heavy atom. The van der Waals surface area contributed by atoms with Crippen molar-refractivity contribution in [1.29, 1.82) is 0 Å². The Balaban J connectivity index is 2.31. The quantitative estimate of drug-likeness (QED) is 0.892. The monoisotopic (exact) mass is 303 g/mol. The number of rotatable bonds is 6. The SMILES string of the molecule is CCNC(CS(=O)(=O)c1ccccc1)c1ccccc1C. The predicted molar refractivity (Wildman–Crippen MR) is 86.1 cm³/mol. The molecule has 0 aliphatic heterocycles. The fraction of sp³-hybridized carbons (Fsp3) is 0.294. The first-order chi connectivity index (χ1) is 10.0. The zero-order valence-electron chi connectivity index (χ0n) is 12.4. The summed E-state index contributed by atoms with van der Waals surface area (Å²) in [6.45, 7) is 4.72. The van der Waals surface area contributed by atoms with Crippen LogP contribution in [0.3, 0.4) is 0 Å². The highest BCUT2D eigenvalue weighted by molar-refractivity contribution is 7.91. The maximum Gasteiger partial charge on any atom is 0.180 e. The zero-order valence-corrected chi connectivity index (χ0v) is 13.2. The Kier molecular flexibility index (Phi) is 5.15. The maximum atomic E-state index is 12.6. The number of nitrogens with one attached hydrogen (secondary N) is 1. The summed E-state index contributed by atoms with van der Waals surface area (Å²) in [7, 11) is -3.31. The van der Waals surface area contributed by atoms with E-state index in [-0.39, 0.29) is 11.8 Å². The van der Waals surface area contributed by atoms with E-state index in [1.54, 1.807) is 24.3 Å². The van der Waals surface area contributed by atoms with Crippen LogP contribution in [0, 0.1) is 6.92 Å². The molecule has 0 amide bonds. The van der Waals surface area contributed by atoms with E-state index in [0.717, 1.165) is 17.7 Å². The van der Waals surface area contributed by atoms with Gasteiger partial charge in [-0.15, -0.1) is 0 Å². The van der Waals surface area contributed by atoms with Crippen LogP contribution in [0.5, 0.6) is 0 Å². The molecule has 2 rings (SSSR count). The highest BCUT2D eigenvalue weighted by Crippen LogP contribution is 2.22. The molecule has 21 heavy (non-hydrogen) atoms. The van der Waals surface area contributed by atoms with Crippen molar-refractivity contribution in [3.63, 3.8) is 0 Å². The average Bonchev–Trinajstić information content (AvgIpc) is 2.48. The molecule has 3 nitrogen and oxygen atoms in total. The summed E-state index contributed by atoms with van der Waals surface area (Å²) in [4.78, 5) is 0.376. The second kappa shape index (κ2) is 6.87. The van der Waals surface area contributed by atoms with Gasteiger partial charge in [-0.3, -0.25) is 0 Å². The number of hydrogen-bond acceptors (Lipinski definition) is 3. The van der Waals surface area contributed by atoms with Gasteiger partial charge >= 0.3 is 0 Å². The molecule has 0 aromatic heterocycles. The Hall–Kier alpha value is -1.65. The summed E-state index contributed by atoms with van der Waals surface area (Å²) in [5, 5.41) is 3.29. The summed E-state index contributed by atoms with van der Waals surface area (Å²) in [6, 6.07) is 16.3. The summed E-state index contributed by atoms with van der Waals surface area (Å²) < 4.78 is 25.1. The average molecular weight is 303 g/mol. The second-order valence-electron chi connectivity index (χ2n) is 5.06. The first kappa shape index (κ1) is 15.7. The van der Waals surface area contributed by atoms with Crippen LogP contribution in [0.1, 0.15) is 24.1 Å². The van der Waals surface area contributed by atoms with Crippen molar-refractivity contribution < 1.29 is 8.42 Å². The third-order valence-electron chi connectivity index (χ3n) is 3.50. The molecule has 4 heteroatoms. The van der Waals surface area contributed by atoms with Gasteiger partial charge in [-0.1, -0.05) is 49.4 Å². The Labute approximate surface area is 126 Å². The van der Waals surface area contributed by atoms with Crippen molar-refractivity contribution in [3.05, 3.63) is 65.7 Å². The fourth-order valence-corrected chi connectivity index (χ4v) is 3.93. The van der Waals surface area contributed by atoms with Gasteiger partial charge in [-0.05, 0) is 36.7 Å². The molecule has 2 aromatic rings. The van der Waals surface area contributed by atoms with E-state index >= 15 is 0 Å². The van der Waals surface area contributed by atoms with Gasteiger partial charge in [0.2, 0.25) is 0 Å². The smallest absolute Gasteiger partial charge is 0.180 e. The van der Waals surface area contributed by atoms with Crippen LogP contribution in [0.2, 0.25) is 0 Å². The third-order valence-corrected chi connectivity index (χ3v) is 5.27. The Morgan fingerprint density at radius 2 is 1.62 bits per heavy atom. The predicted octanol–water partition coefficient (Wildman–Crippen LogP) is 3.12. The fourth-order valence-electron chi connectivity index (χ4n) is 2.43. The minimum atomic E-state index is -3.31. The lowest BCUT2D eigenvalue weighted by Crippen LogP contribution is -2.28. The molecule has 0 aliphatic rings. The van der Waals surface area contributed by atoms with Gasteiger partial charge in [-0.25, -0.2) is 8.42 Å². The molecular weight excluding hydrogens is 282 g/mol. The van der Waals surface area contributed by atoms with Gasteiger partial charge in [-0.2, -0.15) is 0 Å². The molecule has 0 heterocycles.